The quantitative estimate of drug-likeness (QED) is 0.735. The fourth-order valence-electron chi connectivity index (χ4n) is 2.91. The van der Waals surface area contributed by atoms with E-state index in [0.717, 1.165) is 12.8 Å². The summed E-state index contributed by atoms with van der Waals surface area (Å²) in [4.78, 5) is 23.9. The Kier molecular flexibility index (Phi) is 5.24. The van der Waals surface area contributed by atoms with Gasteiger partial charge in [0.15, 0.2) is 0 Å². The molecule has 0 radical (unpaired) electrons. The molecule has 1 fully saturated rings. The molecule has 3 N–H and O–H groups in total. The summed E-state index contributed by atoms with van der Waals surface area (Å²) in [5, 5.41) is 12.0. The lowest BCUT2D eigenvalue weighted by Crippen LogP contribution is -2.52. The Balaban J connectivity index is 2.17. The molecule has 138 valence electrons. The number of hydrogen-bond donors (Lipinski definition) is 3. The van der Waals surface area contributed by atoms with Gasteiger partial charge in [-0.2, -0.15) is 0 Å². The maximum atomic E-state index is 12.4. The van der Waals surface area contributed by atoms with E-state index < -0.39 is 33.0 Å². The van der Waals surface area contributed by atoms with Gasteiger partial charge >= 0.3 is 5.97 Å². The van der Waals surface area contributed by atoms with Gasteiger partial charge in [-0.1, -0.05) is 12.8 Å². The van der Waals surface area contributed by atoms with Crippen LogP contribution in [0.1, 0.15) is 56.8 Å². The predicted octanol–water partition coefficient (Wildman–Crippen LogP) is 1.89. The van der Waals surface area contributed by atoms with Gasteiger partial charge in [0.25, 0.3) is 5.91 Å². The first kappa shape index (κ1) is 19.4. The Bertz CT molecular complexity index is 757. The molecule has 0 atom stereocenters. The zero-order valence-corrected chi connectivity index (χ0v) is 15.4. The second-order valence-corrected chi connectivity index (χ2v) is 9.11. The number of sulfonamides is 1. The number of benzene rings is 1. The third-order valence-corrected chi connectivity index (χ3v) is 5.86. The van der Waals surface area contributed by atoms with Gasteiger partial charge < -0.3 is 10.4 Å². The lowest BCUT2D eigenvalue weighted by molar-refractivity contribution is -0.144. The highest BCUT2D eigenvalue weighted by molar-refractivity contribution is 7.89. The van der Waals surface area contributed by atoms with Gasteiger partial charge in [-0.05, 0) is 57.9 Å². The number of rotatable bonds is 5. The Morgan fingerprint density at radius 3 is 2.04 bits per heavy atom. The molecule has 1 aromatic rings. The van der Waals surface area contributed by atoms with Gasteiger partial charge in [0, 0.05) is 11.1 Å². The molecule has 0 bridgehead atoms. The molecule has 0 heterocycles. The van der Waals surface area contributed by atoms with E-state index in [1.54, 1.807) is 20.8 Å². The van der Waals surface area contributed by atoms with Gasteiger partial charge in [-0.3, -0.25) is 4.79 Å². The van der Waals surface area contributed by atoms with Crippen LogP contribution in [0.3, 0.4) is 0 Å². The zero-order chi connectivity index (χ0) is 18.9. The molecule has 1 amide bonds. The predicted molar refractivity (Wildman–Crippen MR) is 92.8 cm³/mol. The van der Waals surface area contributed by atoms with Crippen molar-refractivity contribution in [3.8, 4) is 0 Å². The Labute approximate surface area is 147 Å². The van der Waals surface area contributed by atoms with Crippen LogP contribution in [0.4, 0.5) is 0 Å². The van der Waals surface area contributed by atoms with Gasteiger partial charge in [0.1, 0.15) is 5.54 Å². The number of aliphatic carboxylic acids is 1. The van der Waals surface area contributed by atoms with Crippen molar-refractivity contribution >= 4 is 21.9 Å². The number of hydrogen-bond acceptors (Lipinski definition) is 4. The molecule has 8 heteroatoms. The minimum atomic E-state index is -3.68. The number of nitrogens with one attached hydrogen (secondary N) is 2. The molecule has 2 rings (SSSR count). The minimum Gasteiger partial charge on any atom is -0.480 e. The van der Waals surface area contributed by atoms with Crippen molar-refractivity contribution < 1.29 is 23.1 Å². The lowest BCUT2D eigenvalue weighted by Gasteiger charge is -2.25. The molecule has 7 nitrogen and oxygen atoms in total. The van der Waals surface area contributed by atoms with Crippen LogP contribution in [0.25, 0.3) is 0 Å². The van der Waals surface area contributed by atoms with Crippen LogP contribution < -0.4 is 10.0 Å². The van der Waals surface area contributed by atoms with Crippen molar-refractivity contribution in [2.24, 2.45) is 0 Å². The van der Waals surface area contributed by atoms with Crippen molar-refractivity contribution in [1.29, 1.82) is 0 Å². The molecule has 1 saturated carbocycles. The van der Waals surface area contributed by atoms with Crippen LogP contribution in [0, 0.1) is 0 Å². The van der Waals surface area contributed by atoms with E-state index in [1.165, 1.54) is 24.3 Å². The Morgan fingerprint density at radius 1 is 1.08 bits per heavy atom. The molecule has 0 unspecified atom stereocenters. The van der Waals surface area contributed by atoms with E-state index in [0.29, 0.717) is 12.8 Å². The highest BCUT2D eigenvalue weighted by Gasteiger charge is 2.42. The molecule has 0 aliphatic heterocycles. The molecule has 1 aliphatic carbocycles. The van der Waals surface area contributed by atoms with E-state index in [1.807, 2.05) is 0 Å². The number of carbonyl (C=O) groups excluding carboxylic acids is 1. The molecular formula is C17H24N2O5S. The van der Waals surface area contributed by atoms with Crippen molar-refractivity contribution in [3.63, 3.8) is 0 Å². The van der Waals surface area contributed by atoms with Crippen molar-refractivity contribution in [2.45, 2.75) is 62.4 Å². The van der Waals surface area contributed by atoms with E-state index in [4.69, 9.17) is 0 Å². The standard InChI is InChI=1S/C17H24N2O5S/c1-16(2,3)19-25(23,24)13-8-6-12(7-9-13)14(20)18-17(15(21)22)10-4-5-11-17/h6-9,19H,4-5,10-11H2,1-3H3,(H,18,20)(H,21,22). The summed E-state index contributed by atoms with van der Waals surface area (Å²) < 4.78 is 27.1. The Morgan fingerprint density at radius 2 is 1.60 bits per heavy atom. The number of carboxylic acid groups (broad SMARTS) is 1. The van der Waals surface area contributed by atoms with Gasteiger partial charge in [-0.15, -0.1) is 0 Å². The lowest BCUT2D eigenvalue weighted by atomic mass is 9.97. The molecule has 0 saturated heterocycles. The topological polar surface area (TPSA) is 113 Å². The van der Waals surface area contributed by atoms with Crippen LogP contribution in [0.15, 0.2) is 29.2 Å². The van der Waals surface area contributed by atoms with Crippen molar-refractivity contribution in [3.05, 3.63) is 29.8 Å². The van der Waals surface area contributed by atoms with Crippen LogP contribution in [0.5, 0.6) is 0 Å². The van der Waals surface area contributed by atoms with Crippen molar-refractivity contribution in [1.82, 2.24) is 10.0 Å². The molecule has 1 aromatic carbocycles. The van der Waals surface area contributed by atoms with E-state index in [9.17, 15) is 23.1 Å². The average molecular weight is 368 g/mol. The van der Waals surface area contributed by atoms with Gasteiger partial charge in [0.2, 0.25) is 10.0 Å². The summed E-state index contributed by atoms with van der Waals surface area (Å²) in [6.07, 6.45) is 2.30. The smallest absolute Gasteiger partial charge is 0.329 e. The molecule has 0 spiro atoms. The van der Waals surface area contributed by atoms with Crippen LogP contribution in [-0.2, 0) is 14.8 Å². The van der Waals surface area contributed by atoms with E-state index >= 15 is 0 Å². The highest BCUT2D eigenvalue weighted by atomic mass is 32.2. The largest absolute Gasteiger partial charge is 0.480 e. The normalized spacial score (nSPS) is 17.2. The summed E-state index contributed by atoms with van der Waals surface area (Å²) in [6, 6.07) is 5.45. The van der Waals surface area contributed by atoms with E-state index in [2.05, 4.69) is 10.0 Å². The monoisotopic (exact) mass is 368 g/mol. The fraction of sp³-hybridized carbons (Fsp3) is 0.529. The van der Waals surface area contributed by atoms with Crippen LogP contribution in [-0.4, -0.2) is 36.5 Å². The van der Waals surface area contributed by atoms with Crippen LogP contribution >= 0.6 is 0 Å². The zero-order valence-electron chi connectivity index (χ0n) is 14.6. The summed E-state index contributed by atoms with van der Waals surface area (Å²) in [7, 11) is -3.68. The SMILES string of the molecule is CC(C)(C)NS(=O)(=O)c1ccc(C(=O)NC2(C(=O)O)CCCC2)cc1. The highest BCUT2D eigenvalue weighted by Crippen LogP contribution is 2.30. The first-order valence-corrected chi connectivity index (χ1v) is 9.64. The second kappa shape index (κ2) is 6.76. The minimum absolute atomic E-state index is 0.0489. The van der Waals surface area contributed by atoms with Crippen LogP contribution in [0.2, 0.25) is 0 Å². The van der Waals surface area contributed by atoms with Gasteiger partial charge in [-0.25, -0.2) is 17.9 Å². The van der Waals surface area contributed by atoms with E-state index in [-0.39, 0.29) is 10.5 Å². The van der Waals surface area contributed by atoms with Gasteiger partial charge in [0.05, 0.1) is 4.90 Å². The summed E-state index contributed by atoms with van der Waals surface area (Å²) >= 11 is 0. The third-order valence-electron chi connectivity index (χ3n) is 4.09. The Hall–Kier alpha value is -1.93. The molecule has 0 aromatic heterocycles. The molecular weight excluding hydrogens is 344 g/mol. The first-order chi connectivity index (χ1) is 11.5. The number of carboxylic acids is 1. The average Bonchev–Trinajstić information content (AvgIpc) is 2.95. The second-order valence-electron chi connectivity index (χ2n) is 7.43. The summed E-state index contributed by atoms with van der Waals surface area (Å²) in [5.41, 5.74) is -1.62. The summed E-state index contributed by atoms with van der Waals surface area (Å²) in [6.45, 7) is 5.21. The van der Waals surface area contributed by atoms with Crippen molar-refractivity contribution in [2.75, 3.05) is 0 Å². The first-order valence-electron chi connectivity index (χ1n) is 8.15. The number of amides is 1. The molecule has 1 aliphatic rings. The summed E-state index contributed by atoms with van der Waals surface area (Å²) in [5.74, 6) is -1.55. The number of carbonyl (C=O) groups is 2. The maximum Gasteiger partial charge on any atom is 0.329 e. The maximum absolute atomic E-state index is 12.4. The fourth-order valence-corrected chi connectivity index (χ4v) is 4.33. The third kappa shape index (κ3) is 4.58. The molecule has 25 heavy (non-hydrogen) atoms.